The summed E-state index contributed by atoms with van der Waals surface area (Å²) in [4.78, 5) is 24.7. The summed E-state index contributed by atoms with van der Waals surface area (Å²) in [6, 6.07) is 8.78. The molecular formula is C17H26N2O5S. The van der Waals surface area contributed by atoms with E-state index >= 15 is 0 Å². The highest BCUT2D eigenvalue weighted by Crippen LogP contribution is 2.09. The number of amides is 2. The molecule has 1 atom stereocenters. The maximum Gasteiger partial charge on any atom is 0.317 e. The van der Waals surface area contributed by atoms with Gasteiger partial charge in [-0.3, -0.25) is 4.79 Å². The first-order valence-electron chi connectivity index (χ1n) is 8.20. The zero-order valence-corrected chi connectivity index (χ0v) is 15.5. The normalized spacial score (nSPS) is 12.4. The van der Waals surface area contributed by atoms with Crippen LogP contribution in [0.15, 0.2) is 30.3 Å². The molecule has 1 aromatic rings. The van der Waals surface area contributed by atoms with Gasteiger partial charge in [0.05, 0.1) is 5.75 Å². The summed E-state index contributed by atoms with van der Waals surface area (Å²) in [6.07, 6.45) is 1.90. The lowest BCUT2D eigenvalue weighted by atomic mass is 10.0. The summed E-state index contributed by atoms with van der Waals surface area (Å²) >= 11 is 0. The van der Waals surface area contributed by atoms with Gasteiger partial charge in [-0.1, -0.05) is 30.3 Å². The lowest BCUT2D eigenvalue weighted by Crippen LogP contribution is -2.47. The Morgan fingerprint density at radius 1 is 1.24 bits per heavy atom. The highest BCUT2D eigenvalue weighted by molar-refractivity contribution is 7.90. The number of rotatable bonds is 10. The monoisotopic (exact) mass is 370 g/mol. The smallest absolute Gasteiger partial charge is 0.317 e. The Hall–Kier alpha value is -2.09. The van der Waals surface area contributed by atoms with Crippen molar-refractivity contribution in [3.05, 3.63) is 35.9 Å². The summed E-state index contributed by atoms with van der Waals surface area (Å²) in [7, 11) is -3.16. The van der Waals surface area contributed by atoms with Crippen molar-refractivity contribution in [3.8, 4) is 0 Å². The summed E-state index contributed by atoms with van der Waals surface area (Å²) in [5.41, 5.74) is 0.998. The number of hydrogen-bond acceptors (Lipinski definition) is 4. The number of nitrogens with one attached hydrogen (secondary N) is 1. The van der Waals surface area contributed by atoms with E-state index in [1.165, 1.54) is 4.90 Å². The summed E-state index contributed by atoms with van der Waals surface area (Å²) < 4.78 is 22.6. The van der Waals surface area contributed by atoms with Crippen LogP contribution >= 0.6 is 0 Å². The molecule has 25 heavy (non-hydrogen) atoms. The molecular weight excluding hydrogens is 344 g/mol. The molecule has 1 unspecified atom stereocenters. The van der Waals surface area contributed by atoms with Crippen molar-refractivity contribution >= 4 is 21.8 Å². The van der Waals surface area contributed by atoms with E-state index in [-0.39, 0.29) is 30.8 Å². The topological polar surface area (TPSA) is 104 Å². The molecule has 2 amide bonds. The Labute approximate surface area is 148 Å². The van der Waals surface area contributed by atoms with E-state index in [4.69, 9.17) is 5.11 Å². The number of benzene rings is 1. The van der Waals surface area contributed by atoms with E-state index < -0.39 is 15.8 Å². The van der Waals surface area contributed by atoms with Gasteiger partial charge >= 0.3 is 12.0 Å². The van der Waals surface area contributed by atoms with Gasteiger partial charge in [0.1, 0.15) is 9.84 Å². The second-order valence-corrected chi connectivity index (χ2v) is 8.24. The molecule has 0 bridgehead atoms. The minimum atomic E-state index is -3.16. The minimum Gasteiger partial charge on any atom is -0.481 e. The fourth-order valence-electron chi connectivity index (χ4n) is 2.37. The number of urea groups is 1. The molecule has 0 spiro atoms. The van der Waals surface area contributed by atoms with Gasteiger partial charge in [-0.25, -0.2) is 13.2 Å². The second kappa shape index (κ2) is 10.0. The first-order valence-corrected chi connectivity index (χ1v) is 10.3. The van der Waals surface area contributed by atoms with E-state index in [2.05, 4.69) is 5.32 Å². The van der Waals surface area contributed by atoms with Crippen LogP contribution in [0.5, 0.6) is 0 Å². The van der Waals surface area contributed by atoms with Gasteiger partial charge in [0, 0.05) is 31.8 Å². The summed E-state index contributed by atoms with van der Waals surface area (Å²) in [5, 5.41) is 11.7. The van der Waals surface area contributed by atoms with Crippen LogP contribution in [0.3, 0.4) is 0 Å². The maximum absolute atomic E-state index is 12.4. The molecule has 140 valence electrons. The predicted octanol–water partition coefficient (Wildman–Crippen LogP) is 1.54. The van der Waals surface area contributed by atoms with Crippen molar-refractivity contribution in [1.29, 1.82) is 0 Å². The van der Waals surface area contributed by atoms with E-state index in [0.717, 1.165) is 11.8 Å². The van der Waals surface area contributed by atoms with Crippen LogP contribution in [-0.2, 0) is 21.1 Å². The van der Waals surface area contributed by atoms with Crippen molar-refractivity contribution in [2.75, 3.05) is 25.1 Å². The third kappa shape index (κ3) is 9.09. The van der Waals surface area contributed by atoms with Crippen LogP contribution < -0.4 is 5.32 Å². The first-order chi connectivity index (χ1) is 11.7. The molecule has 0 aliphatic rings. The quantitative estimate of drug-likeness (QED) is 0.650. The molecule has 0 radical (unpaired) electrons. The molecule has 8 heteroatoms. The van der Waals surface area contributed by atoms with Crippen molar-refractivity contribution in [2.24, 2.45) is 0 Å². The number of carboxylic acids is 1. The lowest BCUT2D eigenvalue weighted by molar-refractivity contribution is -0.137. The van der Waals surface area contributed by atoms with Crippen molar-refractivity contribution < 1.29 is 23.1 Å². The fraction of sp³-hybridized carbons (Fsp3) is 0.529. The van der Waals surface area contributed by atoms with Crippen LogP contribution in [0, 0.1) is 0 Å². The number of sulfone groups is 1. The van der Waals surface area contributed by atoms with Crippen LogP contribution in [0.25, 0.3) is 0 Å². The number of carbonyl (C=O) groups is 2. The largest absolute Gasteiger partial charge is 0.481 e. The van der Waals surface area contributed by atoms with Gasteiger partial charge in [0.15, 0.2) is 0 Å². The van der Waals surface area contributed by atoms with E-state index in [1.54, 1.807) is 6.92 Å². The van der Waals surface area contributed by atoms with Gasteiger partial charge < -0.3 is 15.3 Å². The highest BCUT2D eigenvalue weighted by Gasteiger charge is 2.19. The molecule has 0 aromatic heterocycles. The fourth-order valence-corrected chi connectivity index (χ4v) is 2.92. The molecule has 1 rings (SSSR count). The number of nitrogens with zero attached hydrogens (tertiary/aromatic N) is 1. The molecule has 0 aliphatic carbocycles. The molecule has 0 fully saturated rings. The Balaban J connectivity index is 2.72. The van der Waals surface area contributed by atoms with E-state index in [0.29, 0.717) is 19.4 Å². The minimum absolute atomic E-state index is 0.0484. The van der Waals surface area contributed by atoms with E-state index in [9.17, 15) is 18.0 Å². The zero-order chi connectivity index (χ0) is 18.9. The van der Waals surface area contributed by atoms with Crippen molar-refractivity contribution in [3.63, 3.8) is 0 Å². The third-order valence-electron chi connectivity index (χ3n) is 3.76. The molecule has 0 heterocycles. The van der Waals surface area contributed by atoms with Gasteiger partial charge in [-0.15, -0.1) is 0 Å². The van der Waals surface area contributed by atoms with Crippen molar-refractivity contribution in [1.82, 2.24) is 10.2 Å². The Morgan fingerprint density at radius 3 is 2.40 bits per heavy atom. The van der Waals surface area contributed by atoms with Crippen LogP contribution in [0.2, 0.25) is 0 Å². The van der Waals surface area contributed by atoms with E-state index in [1.807, 2.05) is 30.3 Å². The number of aliphatic carboxylic acids is 1. The SMILES string of the molecule is CCN(CCS(C)(=O)=O)C(=O)NC(CCC(=O)O)Cc1ccccc1. The lowest BCUT2D eigenvalue weighted by Gasteiger charge is -2.25. The first kappa shape index (κ1) is 21.0. The Bertz CT molecular complexity index is 661. The van der Waals surface area contributed by atoms with Crippen LogP contribution in [0.4, 0.5) is 4.79 Å². The van der Waals surface area contributed by atoms with Gasteiger partial charge in [0.2, 0.25) is 0 Å². The van der Waals surface area contributed by atoms with Gasteiger partial charge in [-0.05, 0) is 25.3 Å². The zero-order valence-electron chi connectivity index (χ0n) is 14.6. The number of hydrogen-bond donors (Lipinski definition) is 2. The average Bonchev–Trinajstić information content (AvgIpc) is 2.53. The van der Waals surface area contributed by atoms with Gasteiger partial charge in [0.25, 0.3) is 0 Å². The van der Waals surface area contributed by atoms with Crippen molar-refractivity contribution in [2.45, 2.75) is 32.2 Å². The summed E-state index contributed by atoms with van der Waals surface area (Å²) in [6.45, 7) is 2.25. The highest BCUT2D eigenvalue weighted by atomic mass is 32.2. The maximum atomic E-state index is 12.4. The van der Waals surface area contributed by atoms with Crippen LogP contribution in [0.1, 0.15) is 25.3 Å². The summed E-state index contributed by atoms with van der Waals surface area (Å²) in [5.74, 6) is -1.02. The molecule has 1 aromatic carbocycles. The molecule has 7 nitrogen and oxygen atoms in total. The standard InChI is InChI=1S/C17H26N2O5S/c1-3-19(11-12-25(2,23)24)17(22)18-15(9-10-16(20)21)13-14-7-5-4-6-8-14/h4-8,15H,3,9-13H2,1-2H3,(H,18,22)(H,20,21). The van der Waals surface area contributed by atoms with Crippen LogP contribution in [-0.4, -0.2) is 61.6 Å². The predicted molar refractivity (Wildman–Crippen MR) is 96.3 cm³/mol. The Morgan fingerprint density at radius 2 is 1.88 bits per heavy atom. The third-order valence-corrected chi connectivity index (χ3v) is 4.68. The van der Waals surface area contributed by atoms with Gasteiger partial charge in [-0.2, -0.15) is 0 Å². The molecule has 2 N–H and O–H groups in total. The molecule has 0 saturated carbocycles. The Kier molecular flexibility index (Phi) is 8.40. The average molecular weight is 370 g/mol. The number of carbonyl (C=O) groups excluding carboxylic acids is 1. The molecule has 0 saturated heterocycles. The number of carboxylic acid groups (broad SMARTS) is 1. The second-order valence-electron chi connectivity index (χ2n) is 5.98. The molecule has 0 aliphatic heterocycles.